The molecule has 0 fully saturated rings. The molecular formula is C12H17NO2. The Morgan fingerprint density at radius 1 is 1.40 bits per heavy atom. The zero-order chi connectivity index (χ0) is 11.5. The van der Waals surface area contributed by atoms with E-state index in [1.54, 1.807) is 0 Å². The van der Waals surface area contributed by atoms with Gasteiger partial charge in [0.05, 0.1) is 0 Å². The van der Waals surface area contributed by atoms with Gasteiger partial charge in [-0.3, -0.25) is 0 Å². The van der Waals surface area contributed by atoms with E-state index in [-0.39, 0.29) is 0 Å². The summed E-state index contributed by atoms with van der Waals surface area (Å²) < 4.78 is 0. The molecule has 3 heteroatoms. The number of carbonyl (C=O) groups is 1. The summed E-state index contributed by atoms with van der Waals surface area (Å²) in [7, 11) is 0. The van der Waals surface area contributed by atoms with Crippen LogP contribution in [0.3, 0.4) is 0 Å². The summed E-state index contributed by atoms with van der Waals surface area (Å²) in [6, 6.07) is 8.02. The van der Waals surface area contributed by atoms with Crippen LogP contribution in [0.15, 0.2) is 24.3 Å². The molecule has 3 nitrogen and oxygen atoms in total. The van der Waals surface area contributed by atoms with E-state index in [4.69, 9.17) is 5.11 Å². The normalized spacial score (nSPS) is 11.1. The fourth-order valence-corrected chi connectivity index (χ4v) is 1.62. The van der Waals surface area contributed by atoms with E-state index < -0.39 is 11.6 Å². The van der Waals surface area contributed by atoms with Crippen LogP contribution in [-0.4, -0.2) is 16.7 Å². The zero-order valence-electron chi connectivity index (χ0n) is 9.37. The topological polar surface area (TPSA) is 49.3 Å². The number of aryl methyl sites for hydroxylation is 1. The van der Waals surface area contributed by atoms with Crippen molar-refractivity contribution in [2.75, 3.05) is 0 Å². The van der Waals surface area contributed by atoms with Gasteiger partial charge in [-0.2, -0.15) is 0 Å². The highest BCUT2D eigenvalue weighted by Crippen LogP contribution is 2.15. The lowest BCUT2D eigenvalue weighted by molar-refractivity contribution is 0.182. The van der Waals surface area contributed by atoms with Gasteiger partial charge in [0.15, 0.2) is 0 Å². The number of hydrogen-bond donors (Lipinski definition) is 2. The van der Waals surface area contributed by atoms with Gasteiger partial charge in [0.1, 0.15) is 0 Å². The lowest BCUT2D eigenvalue weighted by Crippen LogP contribution is -2.44. The number of benzene rings is 1. The summed E-state index contributed by atoms with van der Waals surface area (Å²) in [6.45, 7) is 5.80. The Morgan fingerprint density at radius 2 is 2.00 bits per heavy atom. The van der Waals surface area contributed by atoms with Crippen LogP contribution < -0.4 is 5.32 Å². The molecule has 0 saturated heterocycles. The lowest BCUT2D eigenvalue weighted by atomic mass is 9.92. The maximum absolute atomic E-state index is 10.6. The highest BCUT2D eigenvalue weighted by molar-refractivity contribution is 5.65. The van der Waals surface area contributed by atoms with Crippen LogP contribution >= 0.6 is 0 Å². The number of amides is 1. The van der Waals surface area contributed by atoms with E-state index in [2.05, 4.69) is 5.32 Å². The van der Waals surface area contributed by atoms with Gasteiger partial charge in [0.25, 0.3) is 0 Å². The zero-order valence-corrected chi connectivity index (χ0v) is 9.37. The van der Waals surface area contributed by atoms with E-state index in [1.807, 2.05) is 45.0 Å². The van der Waals surface area contributed by atoms with Crippen molar-refractivity contribution < 1.29 is 9.90 Å². The molecule has 0 atom stereocenters. The molecule has 0 bridgehead atoms. The van der Waals surface area contributed by atoms with Crippen molar-refractivity contribution in [1.29, 1.82) is 0 Å². The summed E-state index contributed by atoms with van der Waals surface area (Å²) >= 11 is 0. The molecular weight excluding hydrogens is 190 g/mol. The van der Waals surface area contributed by atoms with Crippen LogP contribution in [0.25, 0.3) is 0 Å². The van der Waals surface area contributed by atoms with Crippen molar-refractivity contribution in [3.63, 3.8) is 0 Å². The molecule has 2 N–H and O–H groups in total. The molecule has 1 amide bonds. The van der Waals surface area contributed by atoms with E-state index in [0.717, 1.165) is 0 Å². The number of carboxylic acid groups (broad SMARTS) is 1. The Kier molecular flexibility index (Phi) is 3.35. The van der Waals surface area contributed by atoms with Gasteiger partial charge in [0, 0.05) is 5.54 Å². The van der Waals surface area contributed by atoms with Crippen molar-refractivity contribution in [1.82, 2.24) is 5.32 Å². The summed E-state index contributed by atoms with van der Waals surface area (Å²) in [5, 5.41) is 11.2. The van der Waals surface area contributed by atoms with Crippen LogP contribution in [-0.2, 0) is 6.42 Å². The predicted molar refractivity (Wildman–Crippen MR) is 60.1 cm³/mol. The summed E-state index contributed by atoms with van der Waals surface area (Å²) in [6.07, 6.45) is -0.278. The van der Waals surface area contributed by atoms with Gasteiger partial charge in [-0.15, -0.1) is 0 Å². The molecule has 0 saturated carbocycles. The Bertz CT molecular complexity index is 358. The van der Waals surface area contributed by atoms with Gasteiger partial charge in [-0.1, -0.05) is 24.3 Å². The van der Waals surface area contributed by atoms with Crippen molar-refractivity contribution in [3.05, 3.63) is 35.4 Å². The third kappa shape index (κ3) is 3.62. The molecule has 15 heavy (non-hydrogen) atoms. The minimum atomic E-state index is -0.978. The summed E-state index contributed by atoms with van der Waals surface area (Å²) in [5.41, 5.74) is 1.94. The van der Waals surface area contributed by atoms with Gasteiger partial charge >= 0.3 is 6.09 Å². The smallest absolute Gasteiger partial charge is 0.405 e. The Morgan fingerprint density at radius 3 is 2.53 bits per heavy atom. The SMILES string of the molecule is Cc1ccccc1CC(C)(C)NC(=O)O. The fraction of sp³-hybridized carbons (Fsp3) is 0.417. The molecule has 0 aliphatic rings. The Balaban J connectivity index is 2.77. The molecule has 0 spiro atoms. The molecule has 1 aromatic carbocycles. The Labute approximate surface area is 90.1 Å². The quantitative estimate of drug-likeness (QED) is 0.800. The summed E-state index contributed by atoms with van der Waals surface area (Å²) in [5.74, 6) is 0. The molecule has 82 valence electrons. The fourth-order valence-electron chi connectivity index (χ4n) is 1.62. The minimum absolute atomic E-state index is 0.433. The van der Waals surface area contributed by atoms with Gasteiger partial charge in [0.2, 0.25) is 0 Å². The molecule has 0 unspecified atom stereocenters. The molecule has 0 aliphatic carbocycles. The first-order valence-electron chi connectivity index (χ1n) is 4.96. The number of nitrogens with one attached hydrogen (secondary N) is 1. The lowest BCUT2D eigenvalue weighted by Gasteiger charge is -2.25. The average Bonchev–Trinajstić information content (AvgIpc) is 2.06. The molecule has 0 aliphatic heterocycles. The van der Waals surface area contributed by atoms with Crippen LogP contribution in [0.4, 0.5) is 4.79 Å². The number of rotatable bonds is 3. The minimum Gasteiger partial charge on any atom is -0.465 e. The molecule has 0 radical (unpaired) electrons. The predicted octanol–water partition coefficient (Wildman–Crippen LogP) is 2.58. The largest absolute Gasteiger partial charge is 0.465 e. The van der Waals surface area contributed by atoms with Crippen LogP contribution in [0.5, 0.6) is 0 Å². The molecule has 0 heterocycles. The monoisotopic (exact) mass is 207 g/mol. The first-order chi connectivity index (χ1) is 6.91. The average molecular weight is 207 g/mol. The van der Waals surface area contributed by atoms with E-state index in [1.165, 1.54) is 11.1 Å². The Hall–Kier alpha value is -1.51. The van der Waals surface area contributed by atoms with Crippen molar-refractivity contribution >= 4 is 6.09 Å². The highest BCUT2D eigenvalue weighted by atomic mass is 16.4. The van der Waals surface area contributed by atoms with Crippen LogP contribution in [0.2, 0.25) is 0 Å². The van der Waals surface area contributed by atoms with Crippen LogP contribution in [0.1, 0.15) is 25.0 Å². The van der Waals surface area contributed by atoms with Crippen molar-refractivity contribution in [2.24, 2.45) is 0 Å². The second-order valence-electron chi connectivity index (χ2n) is 4.42. The second-order valence-corrected chi connectivity index (χ2v) is 4.42. The maximum atomic E-state index is 10.6. The first kappa shape index (κ1) is 11.6. The van der Waals surface area contributed by atoms with E-state index in [0.29, 0.717) is 6.42 Å². The third-order valence-corrected chi connectivity index (χ3v) is 2.34. The van der Waals surface area contributed by atoms with Crippen molar-refractivity contribution in [2.45, 2.75) is 32.7 Å². The van der Waals surface area contributed by atoms with Gasteiger partial charge < -0.3 is 10.4 Å². The second kappa shape index (κ2) is 4.34. The maximum Gasteiger partial charge on any atom is 0.405 e. The standard InChI is InChI=1S/C12H17NO2/c1-9-6-4-5-7-10(9)8-12(2,3)13-11(14)15/h4-7,13H,8H2,1-3H3,(H,14,15). The van der Waals surface area contributed by atoms with E-state index >= 15 is 0 Å². The molecule has 0 aromatic heterocycles. The van der Waals surface area contributed by atoms with Crippen LogP contribution in [0, 0.1) is 6.92 Å². The van der Waals surface area contributed by atoms with Gasteiger partial charge in [-0.05, 0) is 38.3 Å². The van der Waals surface area contributed by atoms with Gasteiger partial charge in [-0.25, -0.2) is 4.79 Å². The summed E-state index contributed by atoms with van der Waals surface area (Å²) in [4.78, 5) is 10.6. The van der Waals surface area contributed by atoms with Crippen molar-refractivity contribution in [3.8, 4) is 0 Å². The molecule has 1 aromatic rings. The number of hydrogen-bond acceptors (Lipinski definition) is 1. The highest BCUT2D eigenvalue weighted by Gasteiger charge is 2.20. The van der Waals surface area contributed by atoms with E-state index in [9.17, 15) is 4.79 Å². The molecule has 1 rings (SSSR count). The third-order valence-electron chi connectivity index (χ3n) is 2.34. The first-order valence-corrected chi connectivity index (χ1v) is 4.96.